The van der Waals surface area contributed by atoms with Gasteiger partial charge in [0.1, 0.15) is 0 Å². The van der Waals surface area contributed by atoms with Crippen LogP contribution in [0.5, 0.6) is 0 Å². The maximum atomic E-state index is 12.1. The molecular weight excluding hydrogens is 314 g/mol. The molecule has 6 nitrogen and oxygen atoms in total. The third kappa shape index (κ3) is 3.42. The number of hydrogen-bond donors (Lipinski definition) is 1. The van der Waals surface area contributed by atoms with Crippen LogP contribution in [0.3, 0.4) is 0 Å². The molecule has 3 aromatic heterocycles. The van der Waals surface area contributed by atoms with Crippen LogP contribution in [0.1, 0.15) is 34.8 Å². The van der Waals surface area contributed by atoms with Crippen molar-refractivity contribution >= 4 is 5.91 Å². The topological polar surface area (TPSA) is 72.7 Å². The first kappa shape index (κ1) is 15.5. The van der Waals surface area contributed by atoms with E-state index in [0.29, 0.717) is 24.6 Å². The molecule has 3 heterocycles. The average Bonchev–Trinajstić information content (AvgIpc) is 3.43. The minimum atomic E-state index is -0.0862. The number of nitrogens with zero attached hydrogens (tertiary/aromatic N) is 4. The SMILES string of the molecule is O=C(NCCn1ncc(-c2ccncc2)c1C1CC1)c1ccncc1. The monoisotopic (exact) mass is 333 g/mol. The van der Waals surface area contributed by atoms with Gasteiger partial charge in [-0.1, -0.05) is 0 Å². The summed E-state index contributed by atoms with van der Waals surface area (Å²) in [6.45, 7) is 1.20. The summed E-state index contributed by atoms with van der Waals surface area (Å²) in [6, 6.07) is 7.44. The summed E-state index contributed by atoms with van der Waals surface area (Å²) in [6.07, 6.45) is 11.2. The molecule has 0 spiro atoms. The van der Waals surface area contributed by atoms with Gasteiger partial charge in [-0.25, -0.2) is 0 Å². The van der Waals surface area contributed by atoms with Crippen molar-refractivity contribution < 1.29 is 4.79 Å². The van der Waals surface area contributed by atoms with Crippen LogP contribution in [-0.2, 0) is 6.54 Å². The van der Waals surface area contributed by atoms with E-state index >= 15 is 0 Å². The number of nitrogens with one attached hydrogen (secondary N) is 1. The van der Waals surface area contributed by atoms with Gasteiger partial charge < -0.3 is 5.32 Å². The van der Waals surface area contributed by atoms with Crippen molar-refractivity contribution in [2.45, 2.75) is 25.3 Å². The Morgan fingerprint density at radius 3 is 2.44 bits per heavy atom. The highest BCUT2D eigenvalue weighted by Gasteiger charge is 2.30. The number of hydrogen-bond acceptors (Lipinski definition) is 4. The Hall–Kier alpha value is -3.02. The van der Waals surface area contributed by atoms with Crippen molar-refractivity contribution in [3.8, 4) is 11.1 Å². The van der Waals surface area contributed by atoms with Crippen molar-refractivity contribution in [2.75, 3.05) is 6.54 Å². The Morgan fingerprint density at radius 1 is 1.08 bits per heavy atom. The second-order valence-corrected chi connectivity index (χ2v) is 6.17. The summed E-state index contributed by atoms with van der Waals surface area (Å²) in [5.41, 5.74) is 4.20. The second kappa shape index (κ2) is 6.84. The maximum absolute atomic E-state index is 12.1. The largest absolute Gasteiger partial charge is 0.350 e. The molecule has 0 atom stereocenters. The number of pyridine rings is 2. The molecule has 25 heavy (non-hydrogen) atoms. The average molecular weight is 333 g/mol. The molecule has 0 aromatic carbocycles. The van der Waals surface area contributed by atoms with Crippen molar-refractivity contribution in [1.82, 2.24) is 25.1 Å². The number of amides is 1. The number of aromatic nitrogens is 4. The zero-order chi connectivity index (χ0) is 17.1. The molecule has 0 unspecified atom stereocenters. The standard InChI is InChI=1S/C19H19N5O/c25-19(16-5-9-21-10-6-16)22-11-12-24-18(15-1-2-15)17(13-23-24)14-3-7-20-8-4-14/h3-10,13,15H,1-2,11-12H2,(H,22,25). The first-order valence-corrected chi connectivity index (χ1v) is 8.47. The van der Waals surface area contributed by atoms with Gasteiger partial charge in [-0.15, -0.1) is 0 Å². The summed E-state index contributed by atoms with van der Waals surface area (Å²) in [7, 11) is 0. The highest BCUT2D eigenvalue weighted by atomic mass is 16.1. The van der Waals surface area contributed by atoms with E-state index in [-0.39, 0.29) is 5.91 Å². The lowest BCUT2D eigenvalue weighted by Gasteiger charge is -2.10. The molecule has 0 aliphatic heterocycles. The molecule has 0 bridgehead atoms. The van der Waals surface area contributed by atoms with E-state index in [9.17, 15) is 4.79 Å². The molecule has 6 heteroatoms. The zero-order valence-corrected chi connectivity index (χ0v) is 13.8. The molecule has 1 fully saturated rings. The maximum Gasteiger partial charge on any atom is 0.251 e. The Kier molecular flexibility index (Phi) is 4.24. The van der Waals surface area contributed by atoms with Crippen LogP contribution in [0, 0.1) is 0 Å². The van der Waals surface area contributed by atoms with Gasteiger partial charge in [0.15, 0.2) is 0 Å². The summed E-state index contributed by atoms with van der Waals surface area (Å²) in [5, 5.41) is 7.50. The van der Waals surface area contributed by atoms with Crippen LogP contribution in [0.25, 0.3) is 11.1 Å². The van der Waals surface area contributed by atoms with E-state index < -0.39 is 0 Å². The Bertz CT molecular complexity index is 856. The minimum absolute atomic E-state index is 0.0862. The molecule has 1 aliphatic carbocycles. The predicted octanol–water partition coefficient (Wildman–Crippen LogP) is 2.65. The van der Waals surface area contributed by atoms with Gasteiger partial charge in [-0.3, -0.25) is 19.4 Å². The van der Waals surface area contributed by atoms with Crippen LogP contribution in [0.2, 0.25) is 0 Å². The lowest BCUT2D eigenvalue weighted by Crippen LogP contribution is -2.27. The van der Waals surface area contributed by atoms with E-state index in [0.717, 1.165) is 5.56 Å². The van der Waals surface area contributed by atoms with E-state index in [1.165, 1.54) is 24.1 Å². The van der Waals surface area contributed by atoms with Crippen molar-refractivity contribution in [3.63, 3.8) is 0 Å². The van der Waals surface area contributed by atoms with E-state index in [1.807, 2.05) is 23.0 Å². The van der Waals surface area contributed by atoms with Gasteiger partial charge in [0.05, 0.1) is 12.7 Å². The third-order valence-electron chi connectivity index (χ3n) is 4.39. The number of rotatable bonds is 6. The molecule has 1 amide bonds. The normalized spacial score (nSPS) is 13.6. The smallest absolute Gasteiger partial charge is 0.251 e. The Morgan fingerprint density at radius 2 is 1.76 bits per heavy atom. The number of carbonyl (C=O) groups excluding carboxylic acids is 1. The fourth-order valence-electron chi connectivity index (χ4n) is 2.99. The lowest BCUT2D eigenvalue weighted by molar-refractivity contribution is 0.0951. The molecule has 126 valence electrons. The number of carbonyl (C=O) groups is 1. The summed E-state index contributed by atoms with van der Waals surface area (Å²) >= 11 is 0. The third-order valence-corrected chi connectivity index (χ3v) is 4.39. The van der Waals surface area contributed by atoms with Gasteiger partial charge in [0.25, 0.3) is 5.91 Å². The van der Waals surface area contributed by atoms with Crippen LogP contribution in [0.15, 0.2) is 55.2 Å². The first-order valence-electron chi connectivity index (χ1n) is 8.47. The van der Waals surface area contributed by atoms with E-state index in [4.69, 9.17) is 0 Å². The van der Waals surface area contributed by atoms with E-state index in [1.54, 1.807) is 36.9 Å². The van der Waals surface area contributed by atoms with Crippen molar-refractivity contribution in [2.24, 2.45) is 0 Å². The van der Waals surface area contributed by atoms with Crippen molar-refractivity contribution in [1.29, 1.82) is 0 Å². The Labute approximate surface area is 145 Å². The highest BCUT2D eigenvalue weighted by Crippen LogP contribution is 2.44. The van der Waals surface area contributed by atoms with Crippen LogP contribution in [0.4, 0.5) is 0 Å². The van der Waals surface area contributed by atoms with Crippen LogP contribution < -0.4 is 5.32 Å². The van der Waals surface area contributed by atoms with Crippen LogP contribution in [-0.4, -0.2) is 32.2 Å². The second-order valence-electron chi connectivity index (χ2n) is 6.17. The lowest BCUT2D eigenvalue weighted by atomic mass is 10.1. The minimum Gasteiger partial charge on any atom is -0.350 e. The van der Waals surface area contributed by atoms with Gasteiger partial charge >= 0.3 is 0 Å². The fourth-order valence-corrected chi connectivity index (χ4v) is 2.99. The quantitative estimate of drug-likeness (QED) is 0.753. The van der Waals surface area contributed by atoms with Gasteiger partial charge in [-0.05, 0) is 42.7 Å². The van der Waals surface area contributed by atoms with Crippen molar-refractivity contribution in [3.05, 3.63) is 66.5 Å². The fraction of sp³-hybridized carbons (Fsp3) is 0.263. The molecule has 1 aliphatic rings. The van der Waals surface area contributed by atoms with E-state index in [2.05, 4.69) is 20.4 Å². The molecular formula is C19H19N5O. The summed E-state index contributed by atoms with van der Waals surface area (Å²) in [4.78, 5) is 20.1. The summed E-state index contributed by atoms with van der Waals surface area (Å²) in [5.74, 6) is 0.485. The van der Waals surface area contributed by atoms with Gasteiger partial charge in [-0.2, -0.15) is 5.10 Å². The molecule has 4 rings (SSSR count). The zero-order valence-electron chi connectivity index (χ0n) is 13.8. The van der Waals surface area contributed by atoms with Gasteiger partial charge in [0, 0.05) is 54.1 Å². The van der Waals surface area contributed by atoms with Gasteiger partial charge in [0.2, 0.25) is 0 Å². The molecule has 1 saturated carbocycles. The predicted molar refractivity (Wildman–Crippen MR) is 94.0 cm³/mol. The first-order chi connectivity index (χ1) is 12.3. The molecule has 3 aromatic rings. The Balaban J connectivity index is 1.46. The molecule has 1 N–H and O–H groups in total. The van der Waals surface area contributed by atoms with Crippen LogP contribution >= 0.6 is 0 Å². The highest BCUT2D eigenvalue weighted by molar-refractivity contribution is 5.93. The summed E-state index contributed by atoms with van der Waals surface area (Å²) < 4.78 is 2.03. The molecule has 0 radical (unpaired) electrons. The molecule has 0 saturated heterocycles.